The number of phenols is 1. The van der Waals surface area contributed by atoms with Gasteiger partial charge in [-0.3, -0.25) is 5.32 Å². The van der Waals surface area contributed by atoms with E-state index in [4.69, 9.17) is 4.98 Å². The molecule has 162 valence electrons. The minimum atomic E-state index is -0.367. The van der Waals surface area contributed by atoms with E-state index in [0.717, 1.165) is 16.7 Å². The Kier molecular flexibility index (Phi) is 5.45. The molecule has 0 bridgehead atoms. The number of fused-ring (bicyclic) bond motifs is 1. The van der Waals surface area contributed by atoms with Crippen molar-refractivity contribution >= 4 is 23.9 Å². The second-order valence-corrected chi connectivity index (χ2v) is 8.25. The maximum atomic E-state index is 13.3. The van der Waals surface area contributed by atoms with E-state index >= 15 is 0 Å². The highest BCUT2D eigenvalue weighted by Gasteiger charge is 2.40. The van der Waals surface area contributed by atoms with Crippen LogP contribution in [-0.4, -0.2) is 22.0 Å². The van der Waals surface area contributed by atoms with Gasteiger partial charge in [-0.25, -0.2) is 9.78 Å². The van der Waals surface area contributed by atoms with Crippen LogP contribution in [0, 0.1) is 6.92 Å². The van der Waals surface area contributed by atoms with Crippen molar-refractivity contribution in [1.29, 1.82) is 0 Å². The molecule has 1 aliphatic rings. The van der Waals surface area contributed by atoms with Crippen LogP contribution in [0.3, 0.4) is 0 Å². The molecule has 1 unspecified atom stereocenters. The molecule has 0 saturated heterocycles. The first-order valence-electron chi connectivity index (χ1n) is 10.9. The highest BCUT2D eigenvalue weighted by Crippen LogP contribution is 2.25. The number of phenolic OH excluding ortho intramolecular Hbond substituents is 1. The fourth-order valence-electron chi connectivity index (χ4n) is 3.96. The third-order valence-electron chi connectivity index (χ3n) is 5.78. The number of nitrogens with zero attached hydrogens (tertiary/aromatic N) is 2. The Labute approximate surface area is 192 Å². The predicted molar refractivity (Wildman–Crippen MR) is 130 cm³/mol. The highest BCUT2D eigenvalue weighted by molar-refractivity contribution is 5.85. The summed E-state index contributed by atoms with van der Waals surface area (Å²) < 4.78 is 1.67. The molecule has 33 heavy (non-hydrogen) atoms. The van der Waals surface area contributed by atoms with Crippen LogP contribution in [0.5, 0.6) is 5.75 Å². The average Bonchev–Trinajstić information content (AvgIpc) is 3.15. The Morgan fingerprint density at radius 1 is 0.970 bits per heavy atom. The van der Waals surface area contributed by atoms with Gasteiger partial charge in [0.05, 0.1) is 0 Å². The first-order chi connectivity index (χ1) is 16.1. The Morgan fingerprint density at radius 2 is 1.70 bits per heavy atom. The Balaban J connectivity index is 1.54. The van der Waals surface area contributed by atoms with E-state index in [1.54, 1.807) is 35.0 Å². The molecule has 3 aromatic carbocycles. The summed E-state index contributed by atoms with van der Waals surface area (Å²) in [6.07, 6.45) is 6.28. The number of benzene rings is 3. The first-order valence-corrected chi connectivity index (χ1v) is 10.9. The largest absolute Gasteiger partial charge is 0.508 e. The first kappa shape index (κ1) is 20.6. The normalized spacial score (nSPS) is 14.9. The summed E-state index contributed by atoms with van der Waals surface area (Å²) in [4.78, 5) is 18.2. The number of nitrogens with one attached hydrogen (secondary N) is 1. The molecule has 0 saturated carbocycles. The van der Waals surface area contributed by atoms with Crippen molar-refractivity contribution in [2.75, 3.05) is 5.32 Å². The van der Waals surface area contributed by atoms with Gasteiger partial charge in [0.25, 0.3) is 0 Å². The van der Waals surface area contributed by atoms with E-state index in [2.05, 4.69) is 36.5 Å². The zero-order valence-electron chi connectivity index (χ0n) is 18.3. The van der Waals surface area contributed by atoms with Crippen LogP contribution in [0.15, 0.2) is 85.1 Å². The van der Waals surface area contributed by atoms with E-state index < -0.39 is 0 Å². The van der Waals surface area contributed by atoms with Crippen LogP contribution >= 0.6 is 0 Å². The summed E-state index contributed by atoms with van der Waals surface area (Å²) in [6, 6.07) is 24.7. The lowest BCUT2D eigenvalue weighted by Gasteiger charge is -2.05. The van der Waals surface area contributed by atoms with Crippen molar-refractivity contribution in [2.24, 2.45) is 0 Å². The Morgan fingerprint density at radius 3 is 2.42 bits per heavy atom. The van der Waals surface area contributed by atoms with E-state index in [9.17, 15) is 9.90 Å². The zero-order valence-corrected chi connectivity index (χ0v) is 18.3. The third kappa shape index (κ3) is 4.39. The van der Waals surface area contributed by atoms with Crippen LogP contribution in [0.2, 0.25) is 0 Å². The van der Waals surface area contributed by atoms with Gasteiger partial charge in [0.15, 0.2) is 11.7 Å². The van der Waals surface area contributed by atoms with Crippen molar-refractivity contribution in [3.05, 3.63) is 107 Å². The fourth-order valence-corrected chi connectivity index (χ4v) is 3.96. The lowest BCUT2D eigenvalue weighted by Crippen LogP contribution is -2.44. The highest BCUT2D eigenvalue weighted by atomic mass is 16.3. The van der Waals surface area contributed by atoms with Crippen LogP contribution in [-0.2, 0) is 6.42 Å². The monoisotopic (exact) mass is 434 g/mol. The fraction of sp³-hybridized carbons (Fsp3) is 0.107. The smallest absolute Gasteiger partial charge is 0.359 e. The van der Waals surface area contributed by atoms with Gasteiger partial charge in [0.1, 0.15) is 17.6 Å². The second-order valence-electron chi connectivity index (χ2n) is 8.25. The van der Waals surface area contributed by atoms with Crippen molar-refractivity contribution in [3.63, 3.8) is 0 Å². The molecule has 4 aromatic rings. The Hall–Kier alpha value is -4.25. The molecule has 2 N–H and O–H groups in total. The number of aryl methyl sites for hydroxylation is 1. The van der Waals surface area contributed by atoms with Gasteiger partial charge in [0.2, 0.25) is 0 Å². The van der Waals surface area contributed by atoms with Gasteiger partial charge < -0.3 is 5.11 Å². The zero-order chi connectivity index (χ0) is 22.8. The Bertz CT molecular complexity index is 1330. The molecule has 1 aliphatic heterocycles. The molecule has 0 amide bonds. The van der Waals surface area contributed by atoms with Crippen molar-refractivity contribution in [2.45, 2.75) is 19.4 Å². The number of hydrogen-bond acceptors (Lipinski definition) is 4. The SMILES string of the molecule is Cc1ccc(CC2Nc3c(/C=C/c4ccccc4)nc(-c4ccc(O)cc4)c[n+]3C2=O)cc1. The molecule has 1 aromatic heterocycles. The molecule has 5 nitrogen and oxygen atoms in total. The van der Waals surface area contributed by atoms with Gasteiger partial charge in [-0.15, -0.1) is 0 Å². The maximum absolute atomic E-state index is 13.3. The van der Waals surface area contributed by atoms with Crippen molar-refractivity contribution in [3.8, 4) is 17.0 Å². The molecule has 5 rings (SSSR count). The molecular weight excluding hydrogens is 410 g/mol. The van der Waals surface area contributed by atoms with E-state index in [0.29, 0.717) is 23.6 Å². The van der Waals surface area contributed by atoms with Gasteiger partial charge in [-0.05, 0) is 48.4 Å². The molecule has 5 heteroatoms. The van der Waals surface area contributed by atoms with Crippen LogP contribution < -0.4 is 9.88 Å². The molecule has 0 radical (unpaired) electrons. The summed E-state index contributed by atoms with van der Waals surface area (Å²) in [5, 5.41) is 13.1. The standard InChI is InChI=1S/C28H23N3O2/c1-19-7-9-21(10-8-19)17-25-28(33)31-18-26(22-12-14-23(32)15-13-22)29-24(27(31)30-25)16-11-20-5-3-2-4-6-20/h2-16,18,25,32H,17H2,1H3/p+1/b16-11+. The molecule has 0 spiro atoms. The topological polar surface area (TPSA) is 66.1 Å². The third-order valence-corrected chi connectivity index (χ3v) is 5.78. The summed E-state index contributed by atoms with van der Waals surface area (Å²) >= 11 is 0. The number of carbonyl (C=O) groups is 1. The number of carbonyl (C=O) groups excluding carboxylic acids is 1. The molecule has 0 aliphatic carbocycles. The van der Waals surface area contributed by atoms with Gasteiger partial charge in [-0.1, -0.05) is 66.2 Å². The van der Waals surface area contributed by atoms with Gasteiger partial charge in [-0.2, -0.15) is 4.57 Å². The second kappa shape index (κ2) is 8.71. The summed E-state index contributed by atoms with van der Waals surface area (Å²) in [7, 11) is 0. The summed E-state index contributed by atoms with van der Waals surface area (Å²) in [5.41, 5.74) is 5.52. The minimum absolute atomic E-state index is 0.0117. The van der Waals surface area contributed by atoms with Gasteiger partial charge >= 0.3 is 11.7 Å². The van der Waals surface area contributed by atoms with E-state index in [1.807, 2.05) is 42.5 Å². The van der Waals surface area contributed by atoms with Crippen molar-refractivity contribution < 1.29 is 14.5 Å². The maximum Gasteiger partial charge on any atom is 0.359 e. The lowest BCUT2D eigenvalue weighted by molar-refractivity contribution is -0.552. The number of anilines is 1. The molecular formula is C28H24N3O2+. The minimum Gasteiger partial charge on any atom is -0.508 e. The van der Waals surface area contributed by atoms with Crippen LogP contribution in [0.1, 0.15) is 27.2 Å². The van der Waals surface area contributed by atoms with E-state index in [1.165, 1.54) is 5.56 Å². The molecule has 1 atom stereocenters. The van der Waals surface area contributed by atoms with E-state index in [-0.39, 0.29) is 17.7 Å². The quantitative estimate of drug-likeness (QED) is 0.439. The number of aromatic hydroxyl groups is 1. The summed E-state index contributed by atoms with van der Waals surface area (Å²) in [6.45, 7) is 2.05. The van der Waals surface area contributed by atoms with Crippen LogP contribution in [0.4, 0.5) is 5.82 Å². The number of aromatic nitrogens is 2. The molecule has 0 fully saturated rings. The van der Waals surface area contributed by atoms with Crippen molar-refractivity contribution in [1.82, 2.24) is 4.98 Å². The number of hydrogen-bond donors (Lipinski definition) is 2. The predicted octanol–water partition coefficient (Wildman–Crippen LogP) is 4.90. The average molecular weight is 435 g/mol. The molecule has 2 heterocycles. The van der Waals surface area contributed by atoms with Crippen LogP contribution in [0.25, 0.3) is 23.4 Å². The lowest BCUT2D eigenvalue weighted by atomic mass is 10.0. The van der Waals surface area contributed by atoms with Gasteiger partial charge in [0, 0.05) is 12.0 Å². The summed E-state index contributed by atoms with van der Waals surface area (Å²) in [5.74, 6) is 0.863. The number of rotatable bonds is 5.